The maximum absolute atomic E-state index is 12.1. The van der Waals surface area contributed by atoms with Crippen LogP contribution >= 0.6 is 0 Å². The number of hydrogen-bond donors (Lipinski definition) is 2. The number of aromatic nitrogens is 2. The summed E-state index contributed by atoms with van der Waals surface area (Å²) in [6, 6.07) is 8.02. The molecule has 0 radical (unpaired) electrons. The lowest BCUT2D eigenvalue weighted by Crippen LogP contribution is -2.23. The Morgan fingerprint density at radius 2 is 2.00 bits per heavy atom. The van der Waals surface area contributed by atoms with Crippen molar-refractivity contribution in [2.24, 2.45) is 0 Å². The molecule has 0 aliphatic carbocycles. The highest BCUT2D eigenvalue weighted by Crippen LogP contribution is 2.14. The Balaban J connectivity index is 2.13. The van der Waals surface area contributed by atoms with Gasteiger partial charge in [-0.3, -0.25) is 14.2 Å². The molecule has 0 bridgehead atoms. The van der Waals surface area contributed by atoms with Gasteiger partial charge in [-0.1, -0.05) is 18.2 Å². The van der Waals surface area contributed by atoms with Gasteiger partial charge in [-0.2, -0.15) is 5.10 Å². The van der Waals surface area contributed by atoms with Crippen LogP contribution in [0.2, 0.25) is 0 Å². The number of hydrogen-bond acceptors (Lipinski definition) is 4. The summed E-state index contributed by atoms with van der Waals surface area (Å²) in [7, 11) is -2.12. The van der Waals surface area contributed by atoms with E-state index in [1.165, 1.54) is 36.3 Å². The molecule has 8 heteroatoms. The Labute approximate surface area is 116 Å². The van der Waals surface area contributed by atoms with E-state index in [9.17, 15) is 13.2 Å². The van der Waals surface area contributed by atoms with E-state index in [0.717, 1.165) is 0 Å². The van der Waals surface area contributed by atoms with Crippen molar-refractivity contribution in [3.8, 4) is 0 Å². The quantitative estimate of drug-likeness (QED) is 0.836. The second-order valence-electron chi connectivity index (χ2n) is 4.02. The molecule has 0 aliphatic heterocycles. The van der Waals surface area contributed by atoms with Gasteiger partial charge in [0.05, 0.1) is 16.8 Å². The molecule has 2 rings (SSSR count). The van der Waals surface area contributed by atoms with Crippen LogP contribution in [-0.2, 0) is 21.4 Å². The van der Waals surface area contributed by atoms with Crippen molar-refractivity contribution < 1.29 is 13.2 Å². The molecular formula is C12H14N4O3S. The van der Waals surface area contributed by atoms with Gasteiger partial charge in [-0.15, -0.1) is 0 Å². The van der Waals surface area contributed by atoms with Crippen molar-refractivity contribution in [1.82, 2.24) is 15.1 Å². The van der Waals surface area contributed by atoms with E-state index in [1.807, 2.05) is 0 Å². The fourth-order valence-electron chi connectivity index (χ4n) is 1.54. The normalized spacial score (nSPS) is 11.1. The summed E-state index contributed by atoms with van der Waals surface area (Å²) >= 11 is 0. The number of nitrogens with one attached hydrogen (secondary N) is 2. The molecule has 20 heavy (non-hydrogen) atoms. The topological polar surface area (TPSA) is 93.1 Å². The fourth-order valence-corrected chi connectivity index (χ4v) is 2.59. The monoisotopic (exact) mass is 294 g/mol. The molecule has 0 atom stereocenters. The Hall–Kier alpha value is -2.35. The second kappa shape index (κ2) is 5.74. The SMILES string of the molecule is CNC(=O)Cn1cc(NS(=O)(=O)c2ccccc2)cn1. The summed E-state index contributed by atoms with van der Waals surface area (Å²) in [6.07, 6.45) is 2.80. The Kier molecular flexibility index (Phi) is 4.04. The highest BCUT2D eigenvalue weighted by Gasteiger charge is 2.14. The van der Waals surface area contributed by atoms with Gasteiger partial charge in [0, 0.05) is 13.2 Å². The molecule has 106 valence electrons. The Bertz CT molecular complexity index is 695. The van der Waals surface area contributed by atoms with Crippen molar-refractivity contribution in [1.29, 1.82) is 0 Å². The number of rotatable bonds is 5. The average molecular weight is 294 g/mol. The molecule has 1 amide bonds. The van der Waals surface area contributed by atoms with Crippen LogP contribution in [0.25, 0.3) is 0 Å². The number of anilines is 1. The standard InChI is InChI=1S/C12H14N4O3S/c1-13-12(17)9-16-8-10(7-14-16)15-20(18,19)11-5-3-2-4-6-11/h2-8,15H,9H2,1H3,(H,13,17). The number of likely N-dealkylation sites (N-methyl/N-ethyl adjacent to an activating group) is 1. The maximum atomic E-state index is 12.1. The van der Waals surface area contributed by atoms with Crippen LogP contribution in [0, 0.1) is 0 Å². The van der Waals surface area contributed by atoms with Gasteiger partial charge in [0.2, 0.25) is 5.91 Å². The van der Waals surface area contributed by atoms with Crippen LogP contribution < -0.4 is 10.0 Å². The summed E-state index contributed by atoms with van der Waals surface area (Å²) in [4.78, 5) is 11.4. The summed E-state index contributed by atoms with van der Waals surface area (Å²) in [6.45, 7) is 0.0313. The number of carbonyl (C=O) groups excluding carboxylic acids is 1. The zero-order valence-electron chi connectivity index (χ0n) is 10.8. The van der Waals surface area contributed by atoms with Crippen LogP contribution in [-0.4, -0.2) is 31.2 Å². The molecule has 1 aromatic carbocycles. The molecule has 1 aromatic heterocycles. The highest BCUT2D eigenvalue weighted by atomic mass is 32.2. The van der Waals surface area contributed by atoms with Gasteiger partial charge in [0.25, 0.3) is 10.0 Å². The summed E-state index contributed by atoms with van der Waals surface area (Å²) < 4.78 is 27.9. The van der Waals surface area contributed by atoms with E-state index in [4.69, 9.17) is 0 Å². The first-order valence-electron chi connectivity index (χ1n) is 5.82. The highest BCUT2D eigenvalue weighted by molar-refractivity contribution is 7.92. The van der Waals surface area contributed by atoms with Crippen molar-refractivity contribution in [3.63, 3.8) is 0 Å². The van der Waals surface area contributed by atoms with Crippen LogP contribution in [0.4, 0.5) is 5.69 Å². The molecule has 7 nitrogen and oxygen atoms in total. The van der Waals surface area contributed by atoms with Crippen molar-refractivity contribution in [2.75, 3.05) is 11.8 Å². The third kappa shape index (κ3) is 3.35. The molecule has 0 fully saturated rings. The lowest BCUT2D eigenvalue weighted by atomic mass is 10.4. The van der Waals surface area contributed by atoms with E-state index in [2.05, 4.69) is 15.1 Å². The minimum Gasteiger partial charge on any atom is -0.358 e. The fraction of sp³-hybridized carbons (Fsp3) is 0.167. The van der Waals surface area contributed by atoms with Crippen molar-refractivity contribution in [2.45, 2.75) is 11.4 Å². The average Bonchev–Trinajstić information content (AvgIpc) is 2.86. The number of nitrogens with zero attached hydrogens (tertiary/aromatic N) is 2. The van der Waals surface area contributed by atoms with Gasteiger partial charge >= 0.3 is 0 Å². The first kappa shape index (κ1) is 14.1. The molecule has 0 saturated carbocycles. The van der Waals surface area contributed by atoms with E-state index in [1.54, 1.807) is 18.2 Å². The smallest absolute Gasteiger partial charge is 0.261 e. The zero-order valence-corrected chi connectivity index (χ0v) is 11.6. The number of benzene rings is 1. The molecular weight excluding hydrogens is 280 g/mol. The predicted molar refractivity (Wildman–Crippen MR) is 73.5 cm³/mol. The summed E-state index contributed by atoms with van der Waals surface area (Å²) in [5, 5.41) is 6.37. The third-order valence-electron chi connectivity index (χ3n) is 2.52. The first-order chi connectivity index (χ1) is 9.51. The second-order valence-corrected chi connectivity index (χ2v) is 5.70. The van der Waals surface area contributed by atoms with Crippen LogP contribution in [0.15, 0.2) is 47.6 Å². The molecule has 0 unspecified atom stereocenters. The molecule has 1 heterocycles. The number of carbonyl (C=O) groups is 1. The number of sulfonamides is 1. The minimum absolute atomic E-state index is 0.0313. The Morgan fingerprint density at radius 3 is 2.65 bits per heavy atom. The van der Waals surface area contributed by atoms with E-state index in [0.29, 0.717) is 5.69 Å². The van der Waals surface area contributed by atoms with Crippen molar-refractivity contribution >= 4 is 21.6 Å². The molecule has 2 aromatic rings. The minimum atomic E-state index is -3.64. The molecule has 0 aliphatic rings. The van der Waals surface area contributed by atoms with Crippen LogP contribution in [0.3, 0.4) is 0 Å². The van der Waals surface area contributed by atoms with Crippen LogP contribution in [0.5, 0.6) is 0 Å². The number of amides is 1. The van der Waals surface area contributed by atoms with Gasteiger partial charge in [0.15, 0.2) is 0 Å². The van der Waals surface area contributed by atoms with Crippen molar-refractivity contribution in [3.05, 3.63) is 42.7 Å². The lowest BCUT2D eigenvalue weighted by molar-refractivity contribution is -0.121. The van der Waals surface area contributed by atoms with E-state index < -0.39 is 10.0 Å². The Morgan fingerprint density at radius 1 is 1.30 bits per heavy atom. The van der Waals surface area contributed by atoms with Gasteiger partial charge in [0.1, 0.15) is 6.54 Å². The van der Waals surface area contributed by atoms with Gasteiger partial charge in [-0.05, 0) is 12.1 Å². The molecule has 0 saturated heterocycles. The van der Waals surface area contributed by atoms with Gasteiger partial charge < -0.3 is 5.32 Å². The van der Waals surface area contributed by atoms with E-state index >= 15 is 0 Å². The first-order valence-corrected chi connectivity index (χ1v) is 7.30. The summed E-state index contributed by atoms with van der Waals surface area (Å²) in [5.74, 6) is -0.217. The predicted octanol–water partition coefficient (Wildman–Crippen LogP) is 0.430. The van der Waals surface area contributed by atoms with E-state index in [-0.39, 0.29) is 17.3 Å². The van der Waals surface area contributed by atoms with Crippen LogP contribution in [0.1, 0.15) is 0 Å². The van der Waals surface area contributed by atoms with Gasteiger partial charge in [-0.25, -0.2) is 8.42 Å². The molecule has 2 N–H and O–H groups in total. The lowest BCUT2D eigenvalue weighted by Gasteiger charge is -2.05. The molecule has 0 spiro atoms. The largest absolute Gasteiger partial charge is 0.358 e. The summed E-state index contributed by atoms with van der Waals surface area (Å²) in [5.41, 5.74) is 0.303. The maximum Gasteiger partial charge on any atom is 0.261 e. The zero-order chi connectivity index (χ0) is 14.6. The third-order valence-corrected chi connectivity index (χ3v) is 3.92.